The normalized spacial score (nSPS) is 37.7. The van der Waals surface area contributed by atoms with Crippen LogP contribution >= 0.6 is 0 Å². The Bertz CT molecular complexity index is 101. The maximum absolute atomic E-state index is 13.0. The van der Waals surface area contributed by atoms with Crippen molar-refractivity contribution >= 4 is 0 Å². The second-order valence-corrected chi connectivity index (χ2v) is 3.03. The second-order valence-electron chi connectivity index (χ2n) is 3.03. The molecule has 54 valence electrons. The second kappa shape index (κ2) is 2.25. The van der Waals surface area contributed by atoms with Crippen LogP contribution < -0.4 is 0 Å². The van der Waals surface area contributed by atoms with E-state index in [0.717, 1.165) is 13.1 Å². The van der Waals surface area contributed by atoms with Crippen molar-refractivity contribution in [2.24, 2.45) is 0 Å². The molecule has 0 amide bonds. The van der Waals surface area contributed by atoms with Crippen LogP contribution in [0, 0.1) is 0 Å². The van der Waals surface area contributed by atoms with Gasteiger partial charge in [-0.25, -0.2) is 4.39 Å². The quantitative estimate of drug-likeness (QED) is 0.520. The molecule has 0 aromatic heterocycles. The van der Waals surface area contributed by atoms with Gasteiger partial charge in [-0.15, -0.1) is 0 Å². The Morgan fingerprint density at radius 2 is 2.33 bits per heavy atom. The SMILES string of the molecule is CCN1CCC(C)(F)C1. The summed E-state index contributed by atoms with van der Waals surface area (Å²) in [5.74, 6) is 0. The molecule has 1 fully saturated rings. The smallest absolute Gasteiger partial charge is 0.122 e. The van der Waals surface area contributed by atoms with Gasteiger partial charge < -0.3 is 4.90 Å². The largest absolute Gasteiger partial charge is 0.300 e. The number of alkyl halides is 1. The third-order valence-electron chi connectivity index (χ3n) is 1.95. The van der Waals surface area contributed by atoms with E-state index in [4.69, 9.17) is 0 Å². The van der Waals surface area contributed by atoms with Crippen LogP contribution in [0.5, 0.6) is 0 Å². The van der Waals surface area contributed by atoms with Crippen molar-refractivity contribution in [1.29, 1.82) is 0 Å². The zero-order valence-corrected chi connectivity index (χ0v) is 6.15. The molecule has 1 nitrogen and oxygen atoms in total. The van der Waals surface area contributed by atoms with Crippen molar-refractivity contribution in [3.8, 4) is 0 Å². The molecule has 0 radical (unpaired) electrons. The van der Waals surface area contributed by atoms with E-state index < -0.39 is 5.67 Å². The highest BCUT2D eigenvalue weighted by atomic mass is 19.1. The first kappa shape index (κ1) is 7.00. The van der Waals surface area contributed by atoms with Gasteiger partial charge in [-0.3, -0.25) is 0 Å². The molecule has 9 heavy (non-hydrogen) atoms. The van der Waals surface area contributed by atoms with Crippen LogP contribution in [-0.4, -0.2) is 30.2 Å². The predicted octanol–water partition coefficient (Wildman–Crippen LogP) is 1.44. The van der Waals surface area contributed by atoms with E-state index in [1.165, 1.54) is 0 Å². The lowest BCUT2D eigenvalue weighted by Gasteiger charge is -2.13. The highest BCUT2D eigenvalue weighted by molar-refractivity contribution is 4.85. The molecule has 0 aliphatic carbocycles. The molecule has 0 N–H and O–H groups in total. The molecule has 0 aromatic rings. The molecule has 1 saturated heterocycles. The molecule has 0 bridgehead atoms. The van der Waals surface area contributed by atoms with Gasteiger partial charge in [0.2, 0.25) is 0 Å². The van der Waals surface area contributed by atoms with Crippen molar-refractivity contribution in [2.45, 2.75) is 25.9 Å². The molecule has 2 heteroatoms. The zero-order valence-electron chi connectivity index (χ0n) is 6.15. The molecule has 0 aromatic carbocycles. The molecule has 0 spiro atoms. The summed E-state index contributed by atoms with van der Waals surface area (Å²) in [6.07, 6.45) is 0.709. The summed E-state index contributed by atoms with van der Waals surface area (Å²) in [6.45, 7) is 6.30. The molecule has 1 rings (SSSR count). The minimum absolute atomic E-state index is 0.628. The van der Waals surface area contributed by atoms with Crippen LogP contribution in [0.2, 0.25) is 0 Å². The van der Waals surface area contributed by atoms with Crippen molar-refractivity contribution in [1.82, 2.24) is 4.90 Å². The summed E-state index contributed by atoms with van der Waals surface area (Å²) in [5.41, 5.74) is -0.907. The summed E-state index contributed by atoms with van der Waals surface area (Å²) in [4.78, 5) is 2.14. The van der Waals surface area contributed by atoms with Crippen LogP contribution in [0.25, 0.3) is 0 Å². The Kier molecular flexibility index (Phi) is 1.75. The van der Waals surface area contributed by atoms with Crippen LogP contribution in [-0.2, 0) is 0 Å². The average molecular weight is 131 g/mol. The van der Waals surface area contributed by atoms with Crippen molar-refractivity contribution < 1.29 is 4.39 Å². The van der Waals surface area contributed by atoms with E-state index in [2.05, 4.69) is 11.8 Å². The van der Waals surface area contributed by atoms with Crippen LogP contribution in [0.15, 0.2) is 0 Å². The van der Waals surface area contributed by atoms with Gasteiger partial charge >= 0.3 is 0 Å². The van der Waals surface area contributed by atoms with Gasteiger partial charge in [-0.2, -0.15) is 0 Å². The lowest BCUT2D eigenvalue weighted by atomic mass is 10.1. The van der Waals surface area contributed by atoms with Gasteiger partial charge in [0, 0.05) is 13.1 Å². The average Bonchev–Trinajstić information content (AvgIpc) is 2.10. The lowest BCUT2D eigenvalue weighted by molar-refractivity contribution is 0.191. The van der Waals surface area contributed by atoms with E-state index in [-0.39, 0.29) is 0 Å². The first-order valence-electron chi connectivity index (χ1n) is 3.55. The Labute approximate surface area is 55.8 Å². The molecule has 1 heterocycles. The zero-order chi connectivity index (χ0) is 6.91. The Balaban J connectivity index is 2.38. The molecule has 1 aliphatic heterocycles. The predicted molar refractivity (Wildman–Crippen MR) is 36.2 cm³/mol. The third kappa shape index (κ3) is 1.65. The van der Waals surface area contributed by atoms with Crippen LogP contribution in [0.3, 0.4) is 0 Å². The highest BCUT2D eigenvalue weighted by Crippen LogP contribution is 2.23. The van der Waals surface area contributed by atoms with E-state index >= 15 is 0 Å². The topological polar surface area (TPSA) is 3.24 Å². The third-order valence-corrected chi connectivity index (χ3v) is 1.95. The van der Waals surface area contributed by atoms with Crippen molar-refractivity contribution in [2.75, 3.05) is 19.6 Å². The van der Waals surface area contributed by atoms with E-state index in [9.17, 15) is 4.39 Å². The molecular formula is C7H14FN. The molecule has 1 atom stereocenters. The molecular weight excluding hydrogens is 117 g/mol. The summed E-state index contributed by atoms with van der Waals surface area (Å²) < 4.78 is 13.0. The van der Waals surface area contributed by atoms with Gasteiger partial charge in [0.25, 0.3) is 0 Å². The maximum Gasteiger partial charge on any atom is 0.122 e. The van der Waals surface area contributed by atoms with Crippen molar-refractivity contribution in [3.63, 3.8) is 0 Å². The summed E-state index contributed by atoms with van der Waals surface area (Å²) in [6, 6.07) is 0. The van der Waals surface area contributed by atoms with Gasteiger partial charge in [-0.05, 0) is 19.9 Å². The van der Waals surface area contributed by atoms with E-state index in [1.807, 2.05) is 0 Å². The monoisotopic (exact) mass is 131 g/mol. The fourth-order valence-corrected chi connectivity index (χ4v) is 1.29. The minimum atomic E-state index is -0.907. The first-order valence-corrected chi connectivity index (χ1v) is 3.55. The van der Waals surface area contributed by atoms with E-state index in [1.54, 1.807) is 6.92 Å². The summed E-state index contributed by atoms with van der Waals surface area (Å²) in [7, 11) is 0. The number of hydrogen-bond donors (Lipinski definition) is 0. The Morgan fingerprint density at radius 3 is 2.56 bits per heavy atom. The first-order chi connectivity index (χ1) is 4.14. The number of hydrogen-bond acceptors (Lipinski definition) is 1. The number of nitrogens with zero attached hydrogens (tertiary/aromatic N) is 1. The standard InChI is InChI=1S/C7H14FN/c1-3-9-5-4-7(2,8)6-9/h3-6H2,1-2H3. The van der Waals surface area contributed by atoms with Crippen LogP contribution in [0.1, 0.15) is 20.3 Å². The lowest BCUT2D eigenvalue weighted by Crippen LogP contribution is -2.25. The Morgan fingerprint density at radius 1 is 1.67 bits per heavy atom. The van der Waals surface area contributed by atoms with Crippen LogP contribution in [0.4, 0.5) is 4.39 Å². The summed E-state index contributed by atoms with van der Waals surface area (Å²) in [5, 5.41) is 0. The molecule has 1 aliphatic rings. The highest BCUT2D eigenvalue weighted by Gasteiger charge is 2.32. The molecule has 1 unspecified atom stereocenters. The maximum atomic E-state index is 13.0. The van der Waals surface area contributed by atoms with Gasteiger partial charge in [0.1, 0.15) is 5.67 Å². The van der Waals surface area contributed by atoms with Gasteiger partial charge in [0.15, 0.2) is 0 Å². The number of likely N-dealkylation sites (tertiary alicyclic amines) is 1. The fourth-order valence-electron chi connectivity index (χ4n) is 1.29. The van der Waals surface area contributed by atoms with E-state index in [0.29, 0.717) is 13.0 Å². The number of halogens is 1. The van der Waals surface area contributed by atoms with Crippen molar-refractivity contribution in [3.05, 3.63) is 0 Å². The fraction of sp³-hybridized carbons (Fsp3) is 1.00. The Hall–Kier alpha value is -0.110. The van der Waals surface area contributed by atoms with Gasteiger partial charge in [0.05, 0.1) is 0 Å². The summed E-state index contributed by atoms with van der Waals surface area (Å²) >= 11 is 0. The minimum Gasteiger partial charge on any atom is -0.300 e. The number of rotatable bonds is 1. The molecule has 0 saturated carbocycles. The van der Waals surface area contributed by atoms with Gasteiger partial charge in [-0.1, -0.05) is 6.92 Å².